The van der Waals surface area contributed by atoms with Gasteiger partial charge in [-0.3, -0.25) is 0 Å². The monoisotopic (exact) mass is 276 g/mol. The normalized spacial score (nSPS) is 7.67. The summed E-state index contributed by atoms with van der Waals surface area (Å²) in [5.41, 5.74) is 0.319. The number of carbonyl (C=O) groups is 2. The van der Waals surface area contributed by atoms with E-state index in [1.54, 1.807) is 18.2 Å². The first-order chi connectivity index (χ1) is 7.36. The molecule has 6 nitrogen and oxygen atoms in total. The quantitative estimate of drug-likeness (QED) is 0.611. The average molecular weight is 277 g/mol. The highest BCUT2D eigenvalue weighted by atomic mass is 35.5. The maximum atomic E-state index is 10.3. The molecule has 1 aromatic carbocycles. The number of rotatable bonds is 2. The number of hydrogen-bond acceptors (Lipinski definition) is 4. The fraction of sp³-hybridized carbons (Fsp3) is 0.0909. The lowest BCUT2D eigenvalue weighted by Gasteiger charge is -1.94. The van der Waals surface area contributed by atoms with Gasteiger partial charge in [0.1, 0.15) is 0 Å². The van der Waals surface area contributed by atoms with Gasteiger partial charge in [-0.1, -0.05) is 30.3 Å². The molecule has 0 saturated heterocycles. The SMILES string of the molecule is C=C(C)C(=O)O.N.N.O=C(O)c1ccccc1Cl. The van der Waals surface area contributed by atoms with Crippen molar-refractivity contribution in [2.24, 2.45) is 0 Å². The van der Waals surface area contributed by atoms with Gasteiger partial charge >= 0.3 is 11.9 Å². The molecule has 0 atom stereocenters. The van der Waals surface area contributed by atoms with Crippen molar-refractivity contribution in [3.8, 4) is 0 Å². The van der Waals surface area contributed by atoms with Gasteiger partial charge in [-0.05, 0) is 19.1 Å². The van der Waals surface area contributed by atoms with Crippen LogP contribution in [0.4, 0.5) is 0 Å². The third kappa shape index (κ3) is 8.28. The minimum Gasteiger partial charge on any atom is -0.478 e. The standard InChI is InChI=1S/C7H5ClO2.C4H6O2.2H3N/c8-6-4-2-1-3-5(6)7(9)10;1-3(2)4(5)6;;/h1-4H,(H,9,10);1H2,2H3,(H,5,6);2*1H3. The summed E-state index contributed by atoms with van der Waals surface area (Å²) < 4.78 is 0. The number of benzene rings is 1. The summed E-state index contributed by atoms with van der Waals surface area (Å²) in [6.07, 6.45) is 0. The van der Waals surface area contributed by atoms with Crippen LogP contribution in [0.1, 0.15) is 17.3 Å². The molecule has 0 aliphatic heterocycles. The van der Waals surface area contributed by atoms with Crippen LogP contribution in [0.3, 0.4) is 0 Å². The molecule has 0 spiro atoms. The lowest BCUT2D eigenvalue weighted by Crippen LogP contribution is -1.95. The van der Waals surface area contributed by atoms with Crippen LogP contribution in [-0.2, 0) is 4.79 Å². The van der Waals surface area contributed by atoms with Gasteiger partial charge in [0.15, 0.2) is 0 Å². The first kappa shape index (κ1) is 21.4. The first-order valence-corrected chi connectivity index (χ1v) is 4.60. The Hall–Kier alpha value is -1.89. The van der Waals surface area contributed by atoms with Crippen LogP contribution in [0.15, 0.2) is 36.4 Å². The van der Waals surface area contributed by atoms with Crippen LogP contribution in [-0.4, -0.2) is 22.2 Å². The molecule has 1 rings (SSSR count). The molecular formula is C11H17ClN2O4. The Morgan fingerprint density at radius 3 is 1.78 bits per heavy atom. The Kier molecular flexibility index (Phi) is 12.2. The molecule has 0 aliphatic rings. The highest BCUT2D eigenvalue weighted by Gasteiger charge is 2.04. The van der Waals surface area contributed by atoms with Gasteiger partial charge in [0.05, 0.1) is 10.6 Å². The number of carboxylic acids is 2. The van der Waals surface area contributed by atoms with E-state index in [1.165, 1.54) is 13.0 Å². The smallest absolute Gasteiger partial charge is 0.337 e. The fourth-order valence-electron chi connectivity index (χ4n) is 0.635. The minimum absolute atomic E-state index is 0. The Morgan fingerprint density at radius 1 is 1.17 bits per heavy atom. The maximum Gasteiger partial charge on any atom is 0.337 e. The number of hydrogen-bond donors (Lipinski definition) is 4. The summed E-state index contributed by atoms with van der Waals surface area (Å²) in [4.78, 5) is 19.9. The summed E-state index contributed by atoms with van der Waals surface area (Å²) in [6.45, 7) is 4.60. The van der Waals surface area contributed by atoms with Gasteiger partial charge in [0.2, 0.25) is 0 Å². The van der Waals surface area contributed by atoms with Gasteiger partial charge in [-0.15, -0.1) is 0 Å². The summed E-state index contributed by atoms with van der Waals surface area (Å²) in [5, 5.41) is 16.6. The van der Waals surface area contributed by atoms with Crippen LogP contribution in [0.5, 0.6) is 0 Å². The van der Waals surface area contributed by atoms with Crippen LogP contribution in [0.2, 0.25) is 5.02 Å². The predicted octanol–water partition coefficient (Wildman–Crippen LogP) is 3.01. The fourth-order valence-corrected chi connectivity index (χ4v) is 0.851. The van der Waals surface area contributed by atoms with Crippen molar-refractivity contribution in [3.05, 3.63) is 47.0 Å². The van der Waals surface area contributed by atoms with Crippen LogP contribution >= 0.6 is 11.6 Å². The second kappa shape index (κ2) is 10.3. The van der Waals surface area contributed by atoms with Gasteiger partial charge in [-0.2, -0.15) is 0 Å². The molecule has 0 bridgehead atoms. The zero-order valence-electron chi connectivity index (χ0n) is 10.0. The summed E-state index contributed by atoms with van der Waals surface area (Å²) in [6, 6.07) is 6.33. The van der Waals surface area contributed by atoms with E-state index in [0.29, 0.717) is 0 Å². The summed E-state index contributed by atoms with van der Waals surface area (Å²) in [7, 11) is 0. The van der Waals surface area contributed by atoms with Crippen molar-refractivity contribution >= 4 is 23.5 Å². The number of aromatic carboxylic acids is 1. The lowest BCUT2D eigenvalue weighted by atomic mass is 10.2. The van der Waals surface area contributed by atoms with Crippen LogP contribution < -0.4 is 12.3 Å². The van der Waals surface area contributed by atoms with Crippen molar-refractivity contribution in [3.63, 3.8) is 0 Å². The molecular weight excluding hydrogens is 260 g/mol. The third-order valence-electron chi connectivity index (χ3n) is 1.47. The zero-order chi connectivity index (χ0) is 12.7. The highest BCUT2D eigenvalue weighted by Crippen LogP contribution is 2.13. The Balaban J connectivity index is -0.000000250. The largest absolute Gasteiger partial charge is 0.478 e. The minimum atomic E-state index is -0.995. The van der Waals surface area contributed by atoms with E-state index in [9.17, 15) is 9.59 Å². The second-order valence-corrected chi connectivity index (χ2v) is 3.28. The van der Waals surface area contributed by atoms with Gasteiger partial charge in [0.25, 0.3) is 0 Å². The molecule has 0 saturated carbocycles. The van der Waals surface area contributed by atoms with E-state index in [2.05, 4.69) is 6.58 Å². The maximum absolute atomic E-state index is 10.3. The molecule has 0 unspecified atom stereocenters. The van der Waals surface area contributed by atoms with E-state index in [1.807, 2.05) is 0 Å². The first-order valence-electron chi connectivity index (χ1n) is 4.23. The molecule has 0 aromatic heterocycles. The molecule has 8 N–H and O–H groups in total. The van der Waals surface area contributed by atoms with Gasteiger partial charge in [-0.25, -0.2) is 9.59 Å². The Morgan fingerprint density at radius 2 is 1.56 bits per heavy atom. The van der Waals surface area contributed by atoms with Crippen molar-refractivity contribution in [2.45, 2.75) is 6.92 Å². The molecule has 1 aromatic rings. The van der Waals surface area contributed by atoms with E-state index in [4.69, 9.17) is 21.8 Å². The van der Waals surface area contributed by atoms with E-state index in [0.717, 1.165) is 0 Å². The average Bonchev–Trinajstić information content (AvgIpc) is 2.18. The lowest BCUT2D eigenvalue weighted by molar-refractivity contribution is -0.132. The molecule has 0 aliphatic carbocycles. The Bertz CT molecular complexity index is 409. The Labute approximate surface area is 110 Å². The van der Waals surface area contributed by atoms with Crippen molar-refractivity contribution in [2.75, 3.05) is 0 Å². The van der Waals surface area contributed by atoms with E-state index >= 15 is 0 Å². The molecule has 0 heterocycles. The van der Waals surface area contributed by atoms with Crippen molar-refractivity contribution in [1.82, 2.24) is 12.3 Å². The molecule has 0 amide bonds. The highest BCUT2D eigenvalue weighted by molar-refractivity contribution is 6.33. The second-order valence-electron chi connectivity index (χ2n) is 2.87. The summed E-state index contributed by atoms with van der Waals surface area (Å²) in [5.74, 6) is -1.93. The predicted molar refractivity (Wildman–Crippen MR) is 70.9 cm³/mol. The molecule has 102 valence electrons. The summed E-state index contributed by atoms with van der Waals surface area (Å²) >= 11 is 5.54. The van der Waals surface area contributed by atoms with E-state index < -0.39 is 11.9 Å². The third-order valence-corrected chi connectivity index (χ3v) is 1.80. The van der Waals surface area contributed by atoms with Gasteiger partial charge in [0, 0.05) is 5.57 Å². The number of halogens is 1. The topological polar surface area (TPSA) is 145 Å². The zero-order valence-corrected chi connectivity index (χ0v) is 10.8. The number of aliphatic carboxylic acids is 1. The van der Waals surface area contributed by atoms with Crippen molar-refractivity contribution < 1.29 is 19.8 Å². The van der Waals surface area contributed by atoms with Crippen molar-refractivity contribution in [1.29, 1.82) is 0 Å². The number of carboxylic acid groups (broad SMARTS) is 2. The van der Waals surface area contributed by atoms with E-state index in [-0.39, 0.29) is 28.5 Å². The van der Waals surface area contributed by atoms with Crippen LogP contribution in [0, 0.1) is 0 Å². The molecule has 0 radical (unpaired) electrons. The van der Waals surface area contributed by atoms with Crippen LogP contribution in [0.25, 0.3) is 0 Å². The molecule has 7 heteroatoms. The molecule has 0 fully saturated rings. The van der Waals surface area contributed by atoms with Gasteiger partial charge < -0.3 is 22.5 Å². The molecule has 18 heavy (non-hydrogen) atoms.